The standard InChI is InChI=1S/C20H16ClFN8O/c1-11(31)7-24-17-5-19(27-10-26-17)29-18-4-16-13(8-25-18)9-28-30(16)20-14(21)2-12(6-23)3-15(20)22/h2-5,8-11,31H,7H2,1H3,(H2,24,25,26,27,29). The number of nitrogens with one attached hydrogen (secondary N) is 2. The Morgan fingerprint density at radius 2 is 1.94 bits per heavy atom. The largest absolute Gasteiger partial charge is 0.392 e. The van der Waals surface area contributed by atoms with Crippen LogP contribution in [-0.2, 0) is 0 Å². The van der Waals surface area contributed by atoms with Crippen LogP contribution in [0.15, 0.2) is 43.0 Å². The van der Waals surface area contributed by atoms with E-state index < -0.39 is 11.9 Å². The number of hydrogen-bond acceptors (Lipinski definition) is 8. The lowest BCUT2D eigenvalue weighted by Crippen LogP contribution is -2.16. The van der Waals surface area contributed by atoms with Gasteiger partial charge in [-0.25, -0.2) is 24.0 Å². The van der Waals surface area contributed by atoms with Crippen molar-refractivity contribution in [3.8, 4) is 11.8 Å². The second-order valence-electron chi connectivity index (χ2n) is 6.73. The number of aliphatic hydroxyl groups excluding tert-OH is 1. The monoisotopic (exact) mass is 438 g/mol. The number of anilines is 3. The number of pyridine rings is 1. The van der Waals surface area contributed by atoms with E-state index in [1.807, 2.05) is 6.07 Å². The predicted octanol–water partition coefficient (Wildman–Crippen LogP) is 3.41. The van der Waals surface area contributed by atoms with Gasteiger partial charge >= 0.3 is 0 Å². The summed E-state index contributed by atoms with van der Waals surface area (Å²) in [5.74, 6) is 0.796. The molecule has 0 aliphatic carbocycles. The molecule has 3 heterocycles. The molecule has 3 N–H and O–H groups in total. The highest BCUT2D eigenvalue weighted by molar-refractivity contribution is 6.32. The molecule has 31 heavy (non-hydrogen) atoms. The minimum absolute atomic E-state index is 0.0412. The first-order valence-corrected chi connectivity index (χ1v) is 9.56. The average molecular weight is 439 g/mol. The van der Waals surface area contributed by atoms with Crippen LogP contribution >= 0.6 is 11.6 Å². The van der Waals surface area contributed by atoms with Gasteiger partial charge in [-0.15, -0.1) is 0 Å². The van der Waals surface area contributed by atoms with Crippen molar-refractivity contribution in [1.29, 1.82) is 5.26 Å². The summed E-state index contributed by atoms with van der Waals surface area (Å²) < 4.78 is 16.0. The molecule has 0 aliphatic rings. The lowest BCUT2D eigenvalue weighted by Gasteiger charge is -2.10. The molecular weight excluding hydrogens is 423 g/mol. The Kier molecular flexibility index (Phi) is 5.62. The van der Waals surface area contributed by atoms with Gasteiger partial charge in [-0.1, -0.05) is 11.6 Å². The molecule has 1 unspecified atom stereocenters. The van der Waals surface area contributed by atoms with Gasteiger partial charge in [0, 0.05) is 30.3 Å². The van der Waals surface area contributed by atoms with Gasteiger partial charge in [-0.2, -0.15) is 10.4 Å². The fraction of sp³-hybridized carbons (Fsp3) is 0.150. The summed E-state index contributed by atoms with van der Waals surface area (Å²) in [6.45, 7) is 2.01. The molecule has 3 aromatic heterocycles. The number of fused-ring (bicyclic) bond motifs is 1. The number of nitriles is 1. The molecule has 0 spiro atoms. The van der Waals surface area contributed by atoms with Crippen molar-refractivity contribution in [2.45, 2.75) is 13.0 Å². The first-order valence-electron chi connectivity index (χ1n) is 9.19. The Morgan fingerprint density at radius 3 is 2.68 bits per heavy atom. The molecule has 0 amide bonds. The Hall–Kier alpha value is -3.81. The highest BCUT2D eigenvalue weighted by Gasteiger charge is 2.16. The highest BCUT2D eigenvalue weighted by Crippen LogP contribution is 2.29. The van der Waals surface area contributed by atoms with E-state index in [1.54, 1.807) is 31.5 Å². The maximum atomic E-state index is 14.6. The third-order valence-corrected chi connectivity index (χ3v) is 4.60. The predicted molar refractivity (Wildman–Crippen MR) is 114 cm³/mol. The molecule has 0 radical (unpaired) electrons. The fourth-order valence-electron chi connectivity index (χ4n) is 2.91. The van der Waals surface area contributed by atoms with Gasteiger partial charge in [0.25, 0.3) is 0 Å². The van der Waals surface area contributed by atoms with Crippen LogP contribution in [0.2, 0.25) is 5.02 Å². The minimum atomic E-state index is -0.662. The Labute approximate surface area is 181 Å². The zero-order chi connectivity index (χ0) is 22.0. The zero-order valence-electron chi connectivity index (χ0n) is 16.2. The first kappa shape index (κ1) is 20.5. The van der Waals surface area contributed by atoms with Gasteiger partial charge in [0.05, 0.1) is 34.5 Å². The highest BCUT2D eigenvalue weighted by atomic mass is 35.5. The van der Waals surface area contributed by atoms with Gasteiger partial charge < -0.3 is 15.7 Å². The molecule has 1 aromatic carbocycles. The third kappa shape index (κ3) is 4.37. The second kappa shape index (κ2) is 8.51. The van der Waals surface area contributed by atoms with Crippen LogP contribution in [0.3, 0.4) is 0 Å². The molecule has 0 saturated carbocycles. The summed E-state index contributed by atoms with van der Waals surface area (Å²) in [6, 6.07) is 7.71. The molecule has 0 aliphatic heterocycles. The third-order valence-electron chi connectivity index (χ3n) is 4.31. The topological polar surface area (TPSA) is 125 Å². The van der Waals surface area contributed by atoms with Crippen molar-refractivity contribution >= 4 is 40.0 Å². The van der Waals surface area contributed by atoms with Crippen LogP contribution in [0, 0.1) is 17.1 Å². The minimum Gasteiger partial charge on any atom is -0.392 e. The molecule has 4 aromatic rings. The number of hydrogen-bond donors (Lipinski definition) is 3. The van der Waals surface area contributed by atoms with Crippen molar-refractivity contribution in [2.24, 2.45) is 0 Å². The van der Waals surface area contributed by atoms with Crippen molar-refractivity contribution in [3.63, 3.8) is 0 Å². The van der Waals surface area contributed by atoms with Gasteiger partial charge in [0.15, 0.2) is 5.82 Å². The second-order valence-corrected chi connectivity index (χ2v) is 7.14. The number of halogens is 2. The van der Waals surface area contributed by atoms with E-state index in [9.17, 15) is 9.50 Å². The lowest BCUT2D eigenvalue weighted by atomic mass is 10.2. The van der Waals surface area contributed by atoms with Crippen LogP contribution in [0.5, 0.6) is 0 Å². The van der Waals surface area contributed by atoms with E-state index in [1.165, 1.54) is 17.1 Å². The first-order chi connectivity index (χ1) is 14.9. The van der Waals surface area contributed by atoms with Crippen LogP contribution in [0.4, 0.5) is 21.8 Å². The Balaban J connectivity index is 1.67. The number of aromatic nitrogens is 5. The Bertz CT molecular complexity index is 1280. The average Bonchev–Trinajstić information content (AvgIpc) is 3.15. The van der Waals surface area contributed by atoms with Gasteiger partial charge in [0.1, 0.15) is 29.5 Å². The van der Waals surface area contributed by atoms with E-state index in [4.69, 9.17) is 16.9 Å². The molecular formula is C20H16ClFN8O. The number of aliphatic hydroxyl groups is 1. The maximum Gasteiger partial charge on any atom is 0.151 e. The smallest absolute Gasteiger partial charge is 0.151 e. The number of benzene rings is 1. The fourth-order valence-corrected chi connectivity index (χ4v) is 3.19. The molecule has 0 saturated heterocycles. The number of rotatable bonds is 6. The number of nitrogens with zero attached hydrogens (tertiary/aromatic N) is 6. The Morgan fingerprint density at radius 1 is 1.16 bits per heavy atom. The van der Waals surface area contributed by atoms with Gasteiger partial charge in [-0.05, 0) is 19.1 Å². The van der Waals surface area contributed by atoms with Gasteiger partial charge in [-0.3, -0.25) is 0 Å². The van der Waals surface area contributed by atoms with Gasteiger partial charge in [0.2, 0.25) is 0 Å². The maximum absolute atomic E-state index is 14.6. The van der Waals surface area contributed by atoms with Crippen molar-refractivity contribution in [1.82, 2.24) is 24.7 Å². The molecule has 9 nitrogen and oxygen atoms in total. The summed E-state index contributed by atoms with van der Waals surface area (Å²) in [5, 5.41) is 29.4. The van der Waals surface area contributed by atoms with Crippen LogP contribution in [0.1, 0.15) is 12.5 Å². The van der Waals surface area contributed by atoms with E-state index in [-0.39, 0.29) is 16.3 Å². The summed E-state index contributed by atoms with van der Waals surface area (Å²) in [4.78, 5) is 12.6. The lowest BCUT2D eigenvalue weighted by molar-refractivity contribution is 0.208. The van der Waals surface area contributed by atoms with E-state index in [2.05, 4.69) is 30.7 Å². The van der Waals surface area contributed by atoms with E-state index in [0.717, 1.165) is 6.07 Å². The van der Waals surface area contributed by atoms with E-state index in [0.29, 0.717) is 34.9 Å². The quantitative estimate of drug-likeness (QED) is 0.418. The van der Waals surface area contributed by atoms with Crippen molar-refractivity contribution in [3.05, 3.63) is 59.4 Å². The summed E-state index contributed by atoms with van der Waals surface area (Å²) in [6.07, 6.45) is 3.99. The molecule has 11 heteroatoms. The summed E-state index contributed by atoms with van der Waals surface area (Å²) in [7, 11) is 0. The van der Waals surface area contributed by atoms with Crippen molar-refractivity contribution < 1.29 is 9.50 Å². The molecule has 1 atom stereocenters. The van der Waals surface area contributed by atoms with Crippen LogP contribution in [-0.4, -0.2) is 42.5 Å². The van der Waals surface area contributed by atoms with Crippen LogP contribution < -0.4 is 10.6 Å². The summed E-state index contributed by atoms with van der Waals surface area (Å²) in [5.41, 5.74) is 0.722. The molecule has 0 bridgehead atoms. The zero-order valence-corrected chi connectivity index (χ0v) is 17.0. The molecule has 4 rings (SSSR count). The van der Waals surface area contributed by atoms with Crippen LogP contribution in [0.25, 0.3) is 16.6 Å². The van der Waals surface area contributed by atoms with Crippen molar-refractivity contribution in [2.75, 3.05) is 17.2 Å². The SMILES string of the molecule is CC(O)CNc1cc(Nc2cc3c(cn2)cnn3-c2c(F)cc(C#N)cc2Cl)ncn1. The molecule has 156 valence electrons. The van der Waals surface area contributed by atoms with E-state index >= 15 is 0 Å². The normalized spacial score (nSPS) is 11.8. The summed E-state index contributed by atoms with van der Waals surface area (Å²) >= 11 is 6.22. The molecule has 0 fully saturated rings.